The van der Waals surface area contributed by atoms with Crippen molar-refractivity contribution in [3.05, 3.63) is 23.8 Å². The highest BCUT2D eigenvalue weighted by Crippen LogP contribution is 2.26. The zero-order chi connectivity index (χ0) is 12.1. The lowest BCUT2D eigenvalue weighted by molar-refractivity contribution is 0.244. The van der Waals surface area contributed by atoms with Crippen molar-refractivity contribution in [2.24, 2.45) is 0 Å². The Hall–Kier alpha value is -1.26. The van der Waals surface area contributed by atoms with Crippen LogP contribution >= 0.6 is 0 Å². The number of benzene rings is 1. The largest absolute Gasteiger partial charge is 0.504 e. The number of hydrogen-bond donors (Lipinski definition) is 2. The van der Waals surface area contributed by atoms with Gasteiger partial charge in [-0.2, -0.15) is 0 Å². The zero-order valence-electron chi connectivity index (χ0n) is 10.3. The lowest BCUT2D eigenvalue weighted by Gasteiger charge is -2.27. The van der Waals surface area contributed by atoms with E-state index in [2.05, 4.69) is 10.2 Å². The van der Waals surface area contributed by atoms with Crippen LogP contribution in [0.3, 0.4) is 0 Å². The van der Waals surface area contributed by atoms with Gasteiger partial charge in [0, 0.05) is 32.7 Å². The van der Waals surface area contributed by atoms with Gasteiger partial charge in [0.1, 0.15) is 0 Å². The van der Waals surface area contributed by atoms with Gasteiger partial charge in [0.2, 0.25) is 0 Å². The van der Waals surface area contributed by atoms with E-state index in [-0.39, 0.29) is 5.75 Å². The first kappa shape index (κ1) is 12.2. The van der Waals surface area contributed by atoms with Crippen molar-refractivity contribution < 1.29 is 9.84 Å². The summed E-state index contributed by atoms with van der Waals surface area (Å²) in [6.45, 7) is 5.43. The first-order valence-corrected chi connectivity index (χ1v) is 6.08. The van der Waals surface area contributed by atoms with Crippen LogP contribution in [0.25, 0.3) is 0 Å². The quantitative estimate of drug-likeness (QED) is 0.813. The predicted octanol–water partition coefficient (Wildman–Crippen LogP) is 0.849. The minimum atomic E-state index is 0.227. The molecule has 94 valence electrons. The van der Waals surface area contributed by atoms with Gasteiger partial charge in [-0.05, 0) is 24.1 Å². The average molecular weight is 236 g/mol. The van der Waals surface area contributed by atoms with Crippen LogP contribution in [0.1, 0.15) is 5.56 Å². The van der Waals surface area contributed by atoms with Crippen molar-refractivity contribution >= 4 is 0 Å². The molecule has 0 spiro atoms. The van der Waals surface area contributed by atoms with Gasteiger partial charge in [-0.25, -0.2) is 0 Å². The van der Waals surface area contributed by atoms with E-state index >= 15 is 0 Å². The fourth-order valence-electron chi connectivity index (χ4n) is 2.11. The monoisotopic (exact) mass is 236 g/mol. The number of rotatable bonds is 4. The Labute approximate surface area is 102 Å². The summed E-state index contributed by atoms with van der Waals surface area (Å²) in [6, 6.07) is 5.63. The second kappa shape index (κ2) is 5.89. The standard InChI is InChI=1S/C13H20N2O2/c1-17-13-3-2-11(10-12(13)16)4-7-15-8-5-14-6-9-15/h2-3,10,14,16H,4-9H2,1H3. The first-order chi connectivity index (χ1) is 8.29. The van der Waals surface area contributed by atoms with Gasteiger partial charge in [-0.3, -0.25) is 0 Å². The molecule has 1 fully saturated rings. The summed E-state index contributed by atoms with van der Waals surface area (Å²) in [5.74, 6) is 0.765. The Balaban J connectivity index is 1.87. The molecule has 1 aromatic carbocycles. The van der Waals surface area contributed by atoms with Crippen LogP contribution in [0.4, 0.5) is 0 Å². The molecule has 0 bridgehead atoms. The Morgan fingerprint density at radius 1 is 1.35 bits per heavy atom. The normalized spacial score (nSPS) is 17.0. The summed E-state index contributed by atoms with van der Waals surface area (Å²) in [4.78, 5) is 2.44. The summed E-state index contributed by atoms with van der Waals surface area (Å²) in [7, 11) is 1.56. The number of phenolic OH excluding ortho intramolecular Hbond substituents is 1. The highest BCUT2D eigenvalue weighted by atomic mass is 16.5. The Morgan fingerprint density at radius 2 is 2.12 bits per heavy atom. The zero-order valence-corrected chi connectivity index (χ0v) is 10.3. The minimum Gasteiger partial charge on any atom is -0.504 e. The second-order valence-corrected chi connectivity index (χ2v) is 4.35. The predicted molar refractivity (Wildman–Crippen MR) is 67.7 cm³/mol. The molecule has 1 aliphatic rings. The van der Waals surface area contributed by atoms with Gasteiger partial charge in [0.05, 0.1) is 7.11 Å². The molecule has 2 N–H and O–H groups in total. The van der Waals surface area contributed by atoms with Gasteiger partial charge >= 0.3 is 0 Å². The number of phenols is 1. The molecule has 0 unspecified atom stereocenters. The Kier molecular flexibility index (Phi) is 4.23. The average Bonchev–Trinajstić information content (AvgIpc) is 2.38. The van der Waals surface area contributed by atoms with E-state index in [4.69, 9.17) is 4.74 Å². The van der Waals surface area contributed by atoms with Crippen LogP contribution < -0.4 is 10.1 Å². The highest BCUT2D eigenvalue weighted by molar-refractivity contribution is 5.41. The number of nitrogens with one attached hydrogen (secondary N) is 1. The highest BCUT2D eigenvalue weighted by Gasteiger charge is 2.09. The molecule has 2 rings (SSSR count). The lowest BCUT2D eigenvalue weighted by Crippen LogP contribution is -2.44. The number of ether oxygens (including phenoxy) is 1. The van der Waals surface area contributed by atoms with Crippen molar-refractivity contribution in [1.29, 1.82) is 0 Å². The third-order valence-electron chi connectivity index (χ3n) is 3.17. The van der Waals surface area contributed by atoms with Crippen molar-refractivity contribution in [2.75, 3.05) is 39.8 Å². The SMILES string of the molecule is COc1ccc(CCN2CCNCC2)cc1O. The molecule has 1 saturated heterocycles. The summed E-state index contributed by atoms with van der Waals surface area (Å²) >= 11 is 0. The summed E-state index contributed by atoms with van der Waals surface area (Å²) in [5.41, 5.74) is 1.15. The molecule has 1 aliphatic heterocycles. The van der Waals surface area contributed by atoms with E-state index < -0.39 is 0 Å². The molecule has 0 saturated carbocycles. The summed E-state index contributed by atoms with van der Waals surface area (Å²) < 4.78 is 5.03. The van der Waals surface area contributed by atoms with Crippen molar-refractivity contribution in [3.8, 4) is 11.5 Å². The van der Waals surface area contributed by atoms with Crippen molar-refractivity contribution in [1.82, 2.24) is 10.2 Å². The number of nitrogens with zero attached hydrogens (tertiary/aromatic N) is 1. The number of piperazine rings is 1. The van der Waals surface area contributed by atoms with Gasteiger partial charge in [0.15, 0.2) is 11.5 Å². The molecule has 0 atom stereocenters. The van der Waals surface area contributed by atoms with Crippen LogP contribution in [0.5, 0.6) is 11.5 Å². The smallest absolute Gasteiger partial charge is 0.160 e. The molecule has 0 radical (unpaired) electrons. The maximum atomic E-state index is 9.68. The third-order valence-corrected chi connectivity index (χ3v) is 3.17. The van der Waals surface area contributed by atoms with E-state index in [0.717, 1.165) is 44.7 Å². The van der Waals surface area contributed by atoms with Crippen molar-refractivity contribution in [2.45, 2.75) is 6.42 Å². The van der Waals surface area contributed by atoms with E-state index in [1.165, 1.54) is 0 Å². The second-order valence-electron chi connectivity index (χ2n) is 4.35. The van der Waals surface area contributed by atoms with Crippen LogP contribution in [-0.2, 0) is 6.42 Å². The molecule has 1 aromatic rings. The van der Waals surface area contributed by atoms with Crippen LogP contribution in [0.15, 0.2) is 18.2 Å². The molecule has 0 aromatic heterocycles. The van der Waals surface area contributed by atoms with Crippen LogP contribution in [-0.4, -0.2) is 49.8 Å². The topological polar surface area (TPSA) is 44.7 Å². The van der Waals surface area contributed by atoms with Gasteiger partial charge < -0.3 is 20.1 Å². The van der Waals surface area contributed by atoms with E-state index in [9.17, 15) is 5.11 Å². The molecule has 4 heteroatoms. The van der Waals surface area contributed by atoms with E-state index in [1.807, 2.05) is 12.1 Å². The van der Waals surface area contributed by atoms with E-state index in [1.54, 1.807) is 13.2 Å². The fraction of sp³-hybridized carbons (Fsp3) is 0.538. The first-order valence-electron chi connectivity index (χ1n) is 6.08. The Bertz CT molecular complexity index is 362. The molecular formula is C13H20N2O2. The van der Waals surface area contributed by atoms with Crippen molar-refractivity contribution in [3.63, 3.8) is 0 Å². The number of hydrogen-bond acceptors (Lipinski definition) is 4. The number of aromatic hydroxyl groups is 1. The maximum Gasteiger partial charge on any atom is 0.160 e. The molecule has 4 nitrogen and oxygen atoms in total. The maximum absolute atomic E-state index is 9.68. The molecule has 17 heavy (non-hydrogen) atoms. The van der Waals surface area contributed by atoms with Gasteiger partial charge in [0.25, 0.3) is 0 Å². The molecule has 1 heterocycles. The summed E-state index contributed by atoms with van der Waals surface area (Å²) in [5, 5.41) is 13.0. The van der Waals surface area contributed by atoms with Crippen LogP contribution in [0, 0.1) is 0 Å². The molecular weight excluding hydrogens is 216 g/mol. The van der Waals surface area contributed by atoms with Gasteiger partial charge in [-0.1, -0.05) is 6.07 Å². The molecule has 0 amide bonds. The minimum absolute atomic E-state index is 0.227. The van der Waals surface area contributed by atoms with E-state index in [0.29, 0.717) is 5.75 Å². The fourth-order valence-corrected chi connectivity index (χ4v) is 2.11. The lowest BCUT2D eigenvalue weighted by atomic mass is 10.1. The Morgan fingerprint density at radius 3 is 2.76 bits per heavy atom. The molecule has 0 aliphatic carbocycles. The van der Waals surface area contributed by atoms with Crippen LogP contribution in [0.2, 0.25) is 0 Å². The number of methoxy groups -OCH3 is 1. The third kappa shape index (κ3) is 3.35. The van der Waals surface area contributed by atoms with Gasteiger partial charge in [-0.15, -0.1) is 0 Å². The summed E-state index contributed by atoms with van der Waals surface area (Å²) in [6.07, 6.45) is 0.970.